The molecule has 2 amide bonds. The van der Waals surface area contributed by atoms with E-state index in [0.29, 0.717) is 16.8 Å². The largest absolute Gasteiger partial charge is 0.465 e. The molecule has 6 nitrogen and oxygen atoms in total. The number of hydrogen-bond acceptors (Lipinski definition) is 3. The predicted molar refractivity (Wildman–Crippen MR) is 75.2 cm³/mol. The standard InChI is InChI=1S/C14H13N3O3/c15-17-13(18)10-5-3-4-9(8-10)11-6-1-2-7-12(11)16-14(19)20/h1-8,16H,15H2,(H,17,18)(H,19,20). The third kappa shape index (κ3) is 2.93. The molecule has 20 heavy (non-hydrogen) atoms. The van der Waals surface area contributed by atoms with Crippen molar-refractivity contribution in [2.75, 3.05) is 5.32 Å². The van der Waals surface area contributed by atoms with Gasteiger partial charge in [-0.3, -0.25) is 15.5 Å². The van der Waals surface area contributed by atoms with Crippen LogP contribution in [-0.2, 0) is 0 Å². The molecule has 0 unspecified atom stereocenters. The highest BCUT2D eigenvalue weighted by Crippen LogP contribution is 2.28. The first kappa shape index (κ1) is 13.6. The zero-order valence-corrected chi connectivity index (χ0v) is 10.5. The van der Waals surface area contributed by atoms with E-state index in [0.717, 1.165) is 5.56 Å². The molecule has 5 N–H and O–H groups in total. The second-order valence-electron chi connectivity index (χ2n) is 4.03. The third-order valence-electron chi connectivity index (χ3n) is 2.74. The average molecular weight is 271 g/mol. The lowest BCUT2D eigenvalue weighted by molar-refractivity contribution is 0.0953. The molecule has 0 aromatic heterocycles. The number of para-hydroxylation sites is 1. The summed E-state index contributed by atoms with van der Waals surface area (Å²) >= 11 is 0. The molecule has 0 atom stereocenters. The summed E-state index contributed by atoms with van der Waals surface area (Å²) in [5, 5.41) is 11.2. The van der Waals surface area contributed by atoms with Crippen molar-refractivity contribution in [3.63, 3.8) is 0 Å². The highest BCUT2D eigenvalue weighted by atomic mass is 16.4. The van der Waals surface area contributed by atoms with Gasteiger partial charge in [-0.1, -0.05) is 30.3 Å². The number of carbonyl (C=O) groups excluding carboxylic acids is 1. The highest BCUT2D eigenvalue weighted by Gasteiger charge is 2.09. The van der Waals surface area contributed by atoms with E-state index in [1.807, 2.05) is 0 Å². The summed E-state index contributed by atoms with van der Waals surface area (Å²) in [6, 6.07) is 13.7. The van der Waals surface area contributed by atoms with Gasteiger partial charge in [0.05, 0.1) is 5.69 Å². The van der Waals surface area contributed by atoms with Gasteiger partial charge in [-0.05, 0) is 23.8 Å². The SMILES string of the molecule is NNC(=O)c1cccc(-c2ccccc2NC(=O)O)c1. The Balaban J connectivity index is 2.46. The van der Waals surface area contributed by atoms with Crippen molar-refractivity contribution in [1.29, 1.82) is 0 Å². The van der Waals surface area contributed by atoms with Crippen molar-refractivity contribution in [1.82, 2.24) is 5.43 Å². The summed E-state index contributed by atoms with van der Waals surface area (Å²) in [6.07, 6.45) is -1.15. The minimum absolute atomic E-state index is 0.398. The fourth-order valence-electron chi connectivity index (χ4n) is 1.87. The molecule has 6 heteroatoms. The van der Waals surface area contributed by atoms with Crippen molar-refractivity contribution < 1.29 is 14.7 Å². The zero-order valence-electron chi connectivity index (χ0n) is 10.5. The van der Waals surface area contributed by atoms with E-state index < -0.39 is 12.0 Å². The fraction of sp³-hybridized carbons (Fsp3) is 0. The lowest BCUT2D eigenvalue weighted by atomic mass is 10.0. The molecular formula is C14H13N3O3. The zero-order chi connectivity index (χ0) is 14.5. The molecule has 2 rings (SSSR count). The maximum Gasteiger partial charge on any atom is 0.409 e. The Morgan fingerprint density at radius 1 is 1.05 bits per heavy atom. The summed E-state index contributed by atoms with van der Waals surface area (Å²) in [7, 11) is 0. The molecule has 0 saturated heterocycles. The van der Waals surface area contributed by atoms with Crippen LogP contribution in [0.4, 0.5) is 10.5 Å². The predicted octanol–water partition coefficient (Wildman–Crippen LogP) is 2.05. The monoisotopic (exact) mass is 271 g/mol. The van der Waals surface area contributed by atoms with Crippen molar-refractivity contribution in [3.05, 3.63) is 54.1 Å². The van der Waals surface area contributed by atoms with Gasteiger partial charge in [0.25, 0.3) is 5.91 Å². The van der Waals surface area contributed by atoms with Crippen LogP contribution >= 0.6 is 0 Å². The van der Waals surface area contributed by atoms with Gasteiger partial charge in [-0.2, -0.15) is 0 Å². The molecule has 0 bridgehead atoms. The second kappa shape index (κ2) is 5.85. The quantitative estimate of drug-likeness (QED) is 0.389. The Bertz CT molecular complexity index is 656. The molecule has 0 spiro atoms. The summed E-state index contributed by atoms with van der Waals surface area (Å²) in [5.74, 6) is 4.69. The van der Waals surface area contributed by atoms with Crippen LogP contribution in [-0.4, -0.2) is 17.1 Å². The minimum atomic E-state index is -1.15. The van der Waals surface area contributed by atoms with Crippen LogP contribution in [0, 0.1) is 0 Å². The van der Waals surface area contributed by atoms with Crippen LogP contribution < -0.4 is 16.6 Å². The van der Waals surface area contributed by atoms with Gasteiger partial charge in [-0.25, -0.2) is 10.6 Å². The van der Waals surface area contributed by atoms with E-state index in [-0.39, 0.29) is 0 Å². The van der Waals surface area contributed by atoms with Gasteiger partial charge in [0.1, 0.15) is 0 Å². The number of hydrazine groups is 1. The summed E-state index contributed by atoms with van der Waals surface area (Å²) in [5.41, 5.74) is 4.31. The average Bonchev–Trinajstić information content (AvgIpc) is 2.46. The first-order valence-electron chi connectivity index (χ1n) is 5.82. The van der Waals surface area contributed by atoms with Crippen molar-refractivity contribution in [2.45, 2.75) is 0 Å². The number of nitrogen functional groups attached to an aromatic ring is 1. The van der Waals surface area contributed by atoms with Gasteiger partial charge in [0.15, 0.2) is 0 Å². The van der Waals surface area contributed by atoms with Crippen LogP contribution in [0.5, 0.6) is 0 Å². The number of nitrogens with two attached hydrogens (primary N) is 1. The minimum Gasteiger partial charge on any atom is -0.465 e. The van der Waals surface area contributed by atoms with E-state index in [1.165, 1.54) is 0 Å². The topological polar surface area (TPSA) is 104 Å². The number of carboxylic acid groups (broad SMARTS) is 1. The maximum absolute atomic E-state index is 11.5. The Hall–Kier alpha value is -2.86. The maximum atomic E-state index is 11.5. The smallest absolute Gasteiger partial charge is 0.409 e. The first-order valence-corrected chi connectivity index (χ1v) is 5.82. The number of nitrogens with one attached hydrogen (secondary N) is 2. The molecule has 2 aromatic rings. The number of rotatable bonds is 3. The Morgan fingerprint density at radius 3 is 2.50 bits per heavy atom. The van der Waals surface area contributed by atoms with Crippen molar-refractivity contribution >= 4 is 17.7 Å². The fourth-order valence-corrected chi connectivity index (χ4v) is 1.87. The molecule has 0 aliphatic heterocycles. The van der Waals surface area contributed by atoms with E-state index in [1.54, 1.807) is 48.5 Å². The lowest BCUT2D eigenvalue weighted by Gasteiger charge is -2.10. The normalized spacial score (nSPS) is 9.85. The Morgan fingerprint density at radius 2 is 1.80 bits per heavy atom. The van der Waals surface area contributed by atoms with E-state index in [9.17, 15) is 9.59 Å². The van der Waals surface area contributed by atoms with Crippen LogP contribution in [0.3, 0.4) is 0 Å². The number of anilines is 1. The molecule has 102 valence electrons. The van der Waals surface area contributed by atoms with Gasteiger partial charge >= 0.3 is 6.09 Å². The second-order valence-corrected chi connectivity index (χ2v) is 4.03. The summed E-state index contributed by atoms with van der Waals surface area (Å²) in [6.45, 7) is 0. The molecular weight excluding hydrogens is 258 g/mol. The van der Waals surface area contributed by atoms with Gasteiger partial charge in [0, 0.05) is 11.1 Å². The highest BCUT2D eigenvalue weighted by molar-refractivity contribution is 5.96. The van der Waals surface area contributed by atoms with Crippen molar-refractivity contribution in [3.8, 4) is 11.1 Å². The van der Waals surface area contributed by atoms with Gasteiger partial charge in [0.2, 0.25) is 0 Å². The molecule has 0 radical (unpaired) electrons. The Labute approximate surface area is 115 Å². The number of amides is 2. The molecule has 0 aliphatic rings. The van der Waals surface area contributed by atoms with Gasteiger partial charge in [-0.15, -0.1) is 0 Å². The molecule has 0 aliphatic carbocycles. The number of hydrogen-bond donors (Lipinski definition) is 4. The van der Waals surface area contributed by atoms with Gasteiger partial charge < -0.3 is 5.11 Å². The van der Waals surface area contributed by atoms with Crippen molar-refractivity contribution in [2.24, 2.45) is 5.84 Å². The molecule has 0 heterocycles. The van der Waals surface area contributed by atoms with E-state index >= 15 is 0 Å². The lowest BCUT2D eigenvalue weighted by Crippen LogP contribution is -2.29. The first-order chi connectivity index (χ1) is 9.61. The molecule has 0 fully saturated rings. The van der Waals surface area contributed by atoms with Crippen LogP contribution in [0.2, 0.25) is 0 Å². The van der Waals surface area contributed by atoms with Crippen LogP contribution in [0.15, 0.2) is 48.5 Å². The van der Waals surface area contributed by atoms with E-state index in [2.05, 4.69) is 10.7 Å². The third-order valence-corrected chi connectivity index (χ3v) is 2.74. The summed E-state index contributed by atoms with van der Waals surface area (Å²) in [4.78, 5) is 22.3. The Kier molecular flexibility index (Phi) is 3.97. The molecule has 2 aromatic carbocycles. The number of benzene rings is 2. The van der Waals surface area contributed by atoms with Crippen LogP contribution in [0.1, 0.15) is 10.4 Å². The molecule has 0 saturated carbocycles. The summed E-state index contributed by atoms with van der Waals surface area (Å²) < 4.78 is 0. The number of carbonyl (C=O) groups is 2. The van der Waals surface area contributed by atoms with E-state index in [4.69, 9.17) is 10.9 Å². The van der Waals surface area contributed by atoms with Crippen LogP contribution in [0.25, 0.3) is 11.1 Å².